The zero-order chi connectivity index (χ0) is 21.2. The molecule has 1 aliphatic rings. The van der Waals surface area contributed by atoms with Crippen molar-refractivity contribution in [1.82, 2.24) is 9.55 Å². The average molecular weight is 420 g/mol. The molecule has 3 aromatic heterocycles. The third kappa shape index (κ3) is 2.73. The Kier molecular flexibility index (Phi) is 4.02. The van der Waals surface area contributed by atoms with Gasteiger partial charge in [-0.25, -0.2) is 9.78 Å². The molecule has 1 atom stereocenters. The molecule has 0 amide bonds. The van der Waals surface area contributed by atoms with Gasteiger partial charge in [-0.1, -0.05) is 20.8 Å². The van der Waals surface area contributed by atoms with Crippen LogP contribution in [0, 0.1) is 5.41 Å². The lowest BCUT2D eigenvalue weighted by Crippen LogP contribution is -2.32. The fourth-order valence-corrected chi connectivity index (χ4v) is 5.32. The maximum Gasteiger partial charge on any atom is 0.341 e. The van der Waals surface area contributed by atoms with E-state index >= 15 is 0 Å². The van der Waals surface area contributed by atoms with E-state index in [1.165, 1.54) is 24.2 Å². The summed E-state index contributed by atoms with van der Waals surface area (Å²) in [5.41, 5.74) is 2.94. The summed E-state index contributed by atoms with van der Waals surface area (Å²) in [6.07, 6.45) is 5.34. The van der Waals surface area contributed by atoms with Crippen molar-refractivity contribution in [2.24, 2.45) is 5.41 Å². The molecule has 152 valence electrons. The molecule has 0 saturated heterocycles. The van der Waals surface area contributed by atoms with Gasteiger partial charge in [-0.2, -0.15) is 0 Å². The number of aromatic carboxylic acids is 1. The van der Waals surface area contributed by atoms with Crippen molar-refractivity contribution < 1.29 is 14.3 Å². The van der Waals surface area contributed by atoms with Gasteiger partial charge in [0.05, 0.1) is 11.9 Å². The average Bonchev–Trinajstić information content (AvgIpc) is 3.37. The van der Waals surface area contributed by atoms with Gasteiger partial charge in [0.1, 0.15) is 5.56 Å². The van der Waals surface area contributed by atoms with Crippen LogP contribution in [0.5, 0.6) is 0 Å². The lowest BCUT2D eigenvalue weighted by atomic mass is 9.77. The first-order valence-corrected chi connectivity index (χ1v) is 10.6. The largest absolute Gasteiger partial charge is 0.477 e. The molecule has 1 aromatic carbocycles. The third-order valence-corrected chi connectivity index (χ3v) is 6.81. The van der Waals surface area contributed by atoms with Crippen molar-refractivity contribution in [3.63, 3.8) is 0 Å². The normalized spacial score (nSPS) is 15.8. The minimum absolute atomic E-state index is 0.0120. The number of aromatic nitrogens is 2. The van der Waals surface area contributed by atoms with Gasteiger partial charge in [-0.15, -0.1) is 11.3 Å². The van der Waals surface area contributed by atoms with Gasteiger partial charge in [-0.3, -0.25) is 4.79 Å². The Bertz CT molecular complexity index is 1360. The van der Waals surface area contributed by atoms with Crippen LogP contribution in [0.3, 0.4) is 0 Å². The first-order valence-electron chi connectivity index (χ1n) is 9.67. The van der Waals surface area contributed by atoms with E-state index in [1.54, 1.807) is 17.5 Å². The van der Waals surface area contributed by atoms with Crippen LogP contribution in [0.4, 0.5) is 0 Å². The minimum atomic E-state index is -1.20. The second-order valence-electron chi connectivity index (χ2n) is 8.71. The molecule has 7 heteroatoms. The van der Waals surface area contributed by atoms with E-state index in [0.717, 1.165) is 33.3 Å². The van der Waals surface area contributed by atoms with E-state index in [0.29, 0.717) is 5.76 Å². The standard InChI is InChI=1S/C23H20N2O4S/c1-23(2,3)20-7-13-12-4-5-30-21(12)15(19-9-24-11-29-19)6-14(13)17-8-18(26)16(22(27)28)10-25(17)20/h4-6,8-11,20H,7H2,1-3H3,(H,27,28)/t20-/m0/s1. The Morgan fingerprint density at radius 2 is 2.10 bits per heavy atom. The molecule has 1 N–H and O–H groups in total. The molecule has 0 bridgehead atoms. The summed E-state index contributed by atoms with van der Waals surface area (Å²) < 4.78 is 8.66. The van der Waals surface area contributed by atoms with Crippen LogP contribution >= 0.6 is 11.3 Å². The van der Waals surface area contributed by atoms with Crippen molar-refractivity contribution in [2.75, 3.05) is 0 Å². The quantitative estimate of drug-likeness (QED) is 0.480. The zero-order valence-corrected chi connectivity index (χ0v) is 17.6. The fraction of sp³-hybridized carbons (Fsp3) is 0.261. The molecule has 6 nitrogen and oxygen atoms in total. The highest BCUT2D eigenvalue weighted by molar-refractivity contribution is 7.17. The number of nitrogens with zero attached hydrogens (tertiary/aromatic N) is 2. The van der Waals surface area contributed by atoms with Gasteiger partial charge in [0.15, 0.2) is 17.6 Å². The van der Waals surface area contributed by atoms with Crippen molar-refractivity contribution in [3.8, 4) is 22.6 Å². The summed E-state index contributed by atoms with van der Waals surface area (Å²) >= 11 is 1.65. The molecule has 0 unspecified atom stereocenters. The molecule has 1 aliphatic heterocycles. The van der Waals surface area contributed by atoms with E-state index in [2.05, 4.69) is 37.2 Å². The van der Waals surface area contributed by atoms with Crippen LogP contribution in [-0.4, -0.2) is 20.6 Å². The predicted octanol–water partition coefficient (Wildman–Crippen LogP) is 5.23. The maximum atomic E-state index is 12.6. The molecular weight excluding hydrogens is 400 g/mol. The molecule has 4 heterocycles. The van der Waals surface area contributed by atoms with Gasteiger partial charge in [0.2, 0.25) is 0 Å². The van der Waals surface area contributed by atoms with Gasteiger partial charge in [0, 0.05) is 34.1 Å². The molecule has 0 saturated carbocycles. The van der Waals surface area contributed by atoms with Gasteiger partial charge < -0.3 is 14.1 Å². The number of pyridine rings is 1. The molecule has 0 spiro atoms. The Hall–Kier alpha value is -3.19. The smallest absolute Gasteiger partial charge is 0.341 e. The number of carboxylic acids is 1. The van der Waals surface area contributed by atoms with E-state index in [-0.39, 0.29) is 17.0 Å². The second kappa shape index (κ2) is 6.40. The Balaban J connectivity index is 1.88. The summed E-state index contributed by atoms with van der Waals surface area (Å²) in [7, 11) is 0. The maximum absolute atomic E-state index is 12.6. The summed E-state index contributed by atoms with van der Waals surface area (Å²) in [5.74, 6) is -0.538. The summed E-state index contributed by atoms with van der Waals surface area (Å²) in [6.45, 7) is 6.41. The monoisotopic (exact) mass is 420 g/mol. The highest BCUT2D eigenvalue weighted by atomic mass is 32.1. The summed E-state index contributed by atoms with van der Waals surface area (Å²) in [6, 6.07) is 5.62. The number of thiophene rings is 1. The van der Waals surface area contributed by atoms with Crippen LogP contribution in [0.15, 0.2) is 51.6 Å². The Labute approximate surface area is 176 Å². The number of carbonyl (C=O) groups is 1. The number of fused-ring (bicyclic) bond motifs is 5. The van der Waals surface area contributed by atoms with Gasteiger partial charge in [-0.05, 0) is 40.3 Å². The van der Waals surface area contributed by atoms with Crippen molar-refractivity contribution >= 4 is 27.4 Å². The van der Waals surface area contributed by atoms with E-state index < -0.39 is 11.4 Å². The lowest BCUT2D eigenvalue weighted by molar-refractivity contribution is 0.0693. The summed E-state index contributed by atoms with van der Waals surface area (Å²) in [5, 5.41) is 12.7. The molecule has 0 fully saturated rings. The highest BCUT2D eigenvalue weighted by Gasteiger charge is 2.35. The van der Waals surface area contributed by atoms with Crippen LogP contribution in [0.25, 0.3) is 32.7 Å². The number of oxazole rings is 1. The molecule has 5 rings (SSSR count). The van der Waals surface area contributed by atoms with Crippen LogP contribution in [-0.2, 0) is 6.42 Å². The predicted molar refractivity (Wildman–Crippen MR) is 116 cm³/mol. The number of hydrogen-bond donors (Lipinski definition) is 1. The number of carboxylic acid groups (broad SMARTS) is 1. The molecule has 0 aliphatic carbocycles. The Morgan fingerprint density at radius 1 is 1.30 bits per heavy atom. The second-order valence-corrected chi connectivity index (χ2v) is 9.63. The SMILES string of the molecule is CC(C)(C)[C@@H]1Cc2c(cc(-c3cnco3)c3sccc23)-c2cc(=O)c(C(=O)O)cn21. The van der Waals surface area contributed by atoms with Crippen molar-refractivity contribution in [2.45, 2.75) is 33.2 Å². The highest BCUT2D eigenvalue weighted by Crippen LogP contribution is 2.47. The molecule has 4 aromatic rings. The third-order valence-electron chi connectivity index (χ3n) is 5.87. The Morgan fingerprint density at radius 3 is 2.77 bits per heavy atom. The number of rotatable bonds is 2. The molecular formula is C23H20N2O4S. The number of benzene rings is 1. The van der Waals surface area contributed by atoms with E-state index in [1.807, 2.05) is 10.6 Å². The van der Waals surface area contributed by atoms with Gasteiger partial charge >= 0.3 is 5.97 Å². The van der Waals surface area contributed by atoms with E-state index in [9.17, 15) is 14.7 Å². The van der Waals surface area contributed by atoms with E-state index in [4.69, 9.17) is 4.42 Å². The molecule has 0 radical (unpaired) electrons. The van der Waals surface area contributed by atoms with Gasteiger partial charge in [0.25, 0.3) is 0 Å². The lowest BCUT2D eigenvalue weighted by Gasteiger charge is -2.39. The summed E-state index contributed by atoms with van der Waals surface area (Å²) in [4.78, 5) is 28.3. The van der Waals surface area contributed by atoms with Crippen molar-refractivity contribution in [1.29, 1.82) is 0 Å². The first kappa shape index (κ1) is 18.8. The molecule has 30 heavy (non-hydrogen) atoms. The van der Waals surface area contributed by atoms with Crippen LogP contribution < -0.4 is 5.43 Å². The fourth-order valence-electron chi connectivity index (χ4n) is 4.38. The van der Waals surface area contributed by atoms with Crippen LogP contribution in [0.1, 0.15) is 42.7 Å². The van der Waals surface area contributed by atoms with Crippen molar-refractivity contribution in [3.05, 3.63) is 63.7 Å². The zero-order valence-electron chi connectivity index (χ0n) is 16.8. The van der Waals surface area contributed by atoms with Crippen LogP contribution in [0.2, 0.25) is 0 Å². The topological polar surface area (TPSA) is 85.3 Å². The number of hydrogen-bond acceptors (Lipinski definition) is 5. The minimum Gasteiger partial charge on any atom is -0.477 e. The first-order chi connectivity index (χ1) is 14.3.